The Labute approximate surface area is 392 Å². The maximum Gasteiger partial charge on any atom is 1.00 e. The third-order valence-corrected chi connectivity index (χ3v) is 12.9. The minimum Gasteiger partial charge on any atom is -0.870 e. The number of H-pyrrole nitrogens is 1. The predicted octanol–water partition coefficient (Wildman–Crippen LogP) is 3.45. The molecule has 0 atom stereocenters. The predicted molar refractivity (Wildman–Crippen MR) is 241 cm³/mol. The normalized spacial score (nSPS) is 15.1. The van der Waals surface area contributed by atoms with Crippen molar-refractivity contribution < 1.29 is 52.9 Å². The molecule has 0 bridgehead atoms. The van der Waals surface area contributed by atoms with E-state index in [4.69, 9.17) is 9.47 Å². The quantitative estimate of drug-likeness (QED) is 0.159. The van der Waals surface area contributed by atoms with E-state index in [0.717, 1.165) is 125 Å². The van der Waals surface area contributed by atoms with Gasteiger partial charge in [0.2, 0.25) is 0 Å². The number of benzene rings is 1. The first-order valence-electron chi connectivity index (χ1n) is 21.5. The van der Waals surface area contributed by atoms with Crippen LogP contribution in [0.4, 0.5) is 0 Å². The van der Waals surface area contributed by atoms with Crippen molar-refractivity contribution >= 4 is 32.1 Å². The van der Waals surface area contributed by atoms with Crippen molar-refractivity contribution in [3.05, 3.63) is 103 Å². The van der Waals surface area contributed by atoms with E-state index in [2.05, 4.69) is 81.0 Å². The molecule has 0 unspecified atom stereocenters. The molecule has 2 aliphatic heterocycles. The van der Waals surface area contributed by atoms with Crippen molar-refractivity contribution in [1.82, 2.24) is 48.3 Å². The first-order valence-corrected chi connectivity index (χ1v) is 23.0. The molecule has 0 amide bonds. The van der Waals surface area contributed by atoms with Crippen LogP contribution in [-0.2, 0) is 45.4 Å². The number of rotatable bonds is 14. The second kappa shape index (κ2) is 22.1. The van der Waals surface area contributed by atoms with Crippen LogP contribution in [0.1, 0.15) is 38.8 Å². The summed E-state index contributed by atoms with van der Waals surface area (Å²) < 4.78 is 43.1. The van der Waals surface area contributed by atoms with Crippen molar-refractivity contribution in [3.8, 4) is 22.3 Å². The molecule has 6 aromatic heterocycles. The molecule has 330 valence electrons. The number of ether oxygens (including phenoxy) is 2. The zero-order valence-electron chi connectivity index (χ0n) is 37.2. The maximum absolute atomic E-state index is 13.5. The van der Waals surface area contributed by atoms with Crippen LogP contribution in [-0.4, -0.2) is 128 Å². The van der Waals surface area contributed by atoms with E-state index in [9.17, 15) is 8.42 Å². The van der Waals surface area contributed by atoms with E-state index >= 15 is 0 Å². The number of fused-ring (bicyclic) bond motifs is 2. The Kier molecular flexibility index (Phi) is 16.9. The molecule has 2 N–H and O–H groups in total. The molecule has 1 aromatic carbocycles. The first kappa shape index (κ1) is 48.2. The standard InChI is InChI=1S/C26H31N5O3S.C20H27N5O.Na.H2O/c1-20(2)14-21-15-24-25(22-17-28-30(18-22)9-8-29-10-12-34-13-11-29)19-31(26(24)27-16-21)35(32,33)23-6-4-3-5-7-23;1-15(2)9-16-10-18-19(13-22-20(18)21-11-16)17-12-23-25(14-17)4-3-24-5-7-26-8-6-24;;/h3-7,15-20H,8-14H2,1-2H3;10-15H,3-9H2,1-2H3,(H,21,22);;1H2/q;;+1;/p-1. The van der Waals surface area contributed by atoms with Crippen LogP contribution in [0.25, 0.3) is 44.3 Å². The van der Waals surface area contributed by atoms with Crippen molar-refractivity contribution in [2.24, 2.45) is 11.8 Å². The number of pyridine rings is 2. The summed E-state index contributed by atoms with van der Waals surface area (Å²) in [5.74, 6) is 1.09. The van der Waals surface area contributed by atoms with Gasteiger partial charge < -0.3 is 19.9 Å². The second-order valence-corrected chi connectivity index (χ2v) is 18.7. The van der Waals surface area contributed by atoms with Gasteiger partial charge in [0.25, 0.3) is 10.0 Å². The maximum atomic E-state index is 13.5. The van der Waals surface area contributed by atoms with Gasteiger partial charge >= 0.3 is 29.6 Å². The molecule has 0 aliphatic carbocycles. The SMILES string of the molecule is CC(C)Cc1cnc2[nH]cc(-c3cnn(CCN4CCOCC4)c3)c2c1.CC(C)Cc1cnc2c(c1)c(-c1cnn(CCN3CCOCC3)c1)cn2S(=O)(=O)c1ccccc1.[Na+].[OH-]. The van der Waals surface area contributed by atoms with Crippen molar-refractivity contribution in [3.63, 3.8) is 0 Å². The molecule has 2 saturated heterocycles. The Morgan fingerprint density at radius 1 is 0.667 bits per heavy atom. The summed E-state index contributed by atoms with van der Waals surface area (Å²) in [4.78, 5) is 17.5. The Balaban J connectivity index is 0.000000211. The van der Waals surface area contributed by atoms with E-state index in [1.807, 2.05) is 40.3 Å². The zero-order valence-corrected chi connectivity index (χ0v) is 40.0. The number of nitrogens with one attached hydrogen (secondary N) is 1. The fourth-order valence-corrected chi connectivity index (χ4v) is 9.43. The van der Waals surface area contributed by atoms with Gasteiger partial charge in [-0.3, -0.25) is 19.2 Å². The summed E-state index contributed by atoms with van der Waals surface area (Å²) >= 11 is 0. The number of hydrogen-bond donors (Lipinski definition) is 1. The van der Waals surface area contributed by atoms with E-state index in [1.54, 1.807) is 42.7 Å². The second-order valence-electron chi connectivity index (χ2n) is 16.9. The Morgan fingerprint density at radius 2 is 1.19 bits per heavy atom. The van der Waals surface area contributed by atoms with Crippen LogP contribution >= 0.6 is 0 Å². The number of hydrogen-bond acceptors (Lipinski definition) is 11. The van der Waals surface area contributed by atoms with Gasteiger partial charge in [-0.2, -0.15) is 10.2 Å². The average Bonchev–Trinajstić information content (AvgIpc) is 4.09. The summed E-state index contributed by atoms with van der Waals surface area (Å²) in [5, 5.41) is 11.1. The van der Waals surface area contributed by atoms with Gasteiger partial charge in [0, 0.05) is 109 Å². The van der Waals surface area contributed by atoms with Gasteiger partial charge in [0.15, 0.2) is 5.65 Å². The molecular formula is C46H59N10NaO5S. The molecule has 0 radical (unpaired) electrons. The molecular weight excluding hydrogens is 828 g/mol. The van der Waals surface area contributed by atoms with Gasteiger partial charge in [-0.05, 0) is 60.1 Å². The number of nitrogens with zero attached hydrogens (tertiary/aromatic N) is 9. The summed E-state index contributed by atoms with van der Waals surface area (Å²) in [6.45, 7) is 19.5. The molecule has 8 heterocycles. The monoisotopic (exact) mass is 886 g/mol. The Bertz CT molecular complexity index is 2630. The van der Waals surface area contributed by atoms with E-state index < -0.39 is 10.0 Å². The van der Waals surface area contributed by atoms with Crippen LogP contribution < -0.4 is 29.6 Å². The summed E-state index contributed by atoms with van der Waals surface area (Å²) in [6.07, 6.45) is 17.3. The van der Waals surface area contributed by atoms with E-state index in [-0.39, 0.29) is 39.9 Å². The molecule has 0 spiro atoms. The minimum absolute atomic E-state index is 0. The van der Waals surface area contributed by atoms with Crippen LogP contribution in [0.2, 0.25) is 0 Å². The van der Waals surface area contributed by atoms with Gasteiger partial charge in [0.1, 0.15) is 5.65 Å². The largest absolute Gasteiger partial charge is 1.00 e. The van der Waals surface area contributed by atoms with Crippen LogP contribution in [0, 0.1) is 11.8 Å². The third kappa shape index (κ3) is 11.9. The number of aromatic nitrogens is 8. The summed E-state index contributed by atoms with van der Waals surface area (Å²) in [5.41, 5.74) is 7.75. The molecule has 2 fully saturated rings. The number of morpholine rings is 2. The molecule has 9 rings (SSSR count). The van der Waals surface area contributed by atoms with Gasteiger partial charge in [-0.25, -0.2) is 22.4 Å². The fourth-order valence-electron chi connectivity index (χ4n) is 8.08. The minimum atomic E-state index is -3.80. The van der Waals surface area contributed by atoms with E-state index in [0.29, 0.717) is 17.5 Å². The zero-order chi connectivity index (χ0) is 42.3. The topological polar surface area (TPSA) is 171 Å². The Hall–Kier alpha value is -4.23. The van der Waals surface area contributed by atoms with Gasteiger partial charge in [-0.1, -0.05) is 45.9 Å². The van der Waals surface area contributed by atoms with Crippen LogP contribution in [0.5, 0.6) is 0 Å². The van der Waals surface area contributed by atoms with Gasteiger partial charge in [0.05, 0.1) is 56.8 Å². The van der Waals surface area contributed by atoms with Crippen molar-refractivity contribution in [2.45, 2.75) is 58.5 Å². The number of aromatic amines is 1. The third-order valence-electron chi connectivity index (χ3n) is 11.2. The molecule has 17 heteroatoms. The van der Waals surface area contributed by atoms with Gasteiger partial charge in [-0.15, -0.1) is 0 Å². The average molecular weight is 887 g/mol. The molecule has 0 saturated carbocycles. The fraction of sp³-hybridized carbons (Fsp3) is 0.435. The van der Waals surface area contributed by atoms with Crippen LogP contribution in [0.15, 0.2) is 96.9 Å². The van der Waals surface area contributed by atoms with Crippen LogP contribution in [0.3, 0.4) is 0 Å². The molecule has 2 aliphatic rings. The summed E-state index contributed by atoms with van der Waals surface area (Å²) in [7, 11) is -3.80. The molecule has 63 heavy (non-hydrogen) atoms. The Morgan fingerprint density at radius 3 is 1.75 bits per heavy atom. The summed E-state index contributed by atoms with van der Waals surface area (Å²) in [6, 6.07) is 12.8. The van der Waals surface area contributed by atoms with Crippen molar-refractivity contribution in [1.29, 1.82) is 0 Å². The van der Waals surface area contributed by atoms with Crippen molar-refractivity contribution in [2.75, 3.05) is 65.7 Å². The van der Waals surface area contributed by atoms with E-state index in [1.165, 1.54) is 20.5 Å². The smallest absolute Gasteiger partial charge is 0.870 e. The molecule has 7 aromatic rings. The molecule has 15 nitrogen and oxygen atoms in total. The first-order chi connectivity index (χ1) is 29.6.